The van der Waals surface area contributed by atoms with Crippen LogP contribution in [0.4, 0.5) is 17.2 Å². The van der Waals surface area contributed by atoms with E-state index in [0.29, 0.717) is 23.3 Å². The quantitative estimate of drug-likeness (QED) is 0.446. The van der Waals surface area contributed by atoms with E-state index in [1.807, 2.05) is 37.2 Å². The average Bonchev–Trinajstić information content (AvgIpc) is 2.63. The van der Waals surface area contributed by atoms with Crippen molar-refractivity contribution in [1.82, 2.24) is 14.9 Å². The molecule has 8 nitrogen and oxygen atoms in total. The molecule has 3 aromatic rings. The first-order valence-electron chi connectivity index (χ1n) is 8.17. The van der Waals surface area contributed by atoms with Gasteiger partial charge in [-0.15, -0.1) is 0 Å². The summed E-state index contributed by atoms with van der Waals surface area (Å²) in [6, 6.07) is 10.1. The maximum absolute atomic E-state index is 11.0. The zero-order valence-electron chi connectivity index (χ0n) is 14.8. The lowest BCUT2D eigenvalue weighted by Crippen LogP contribution is -2.19. The molecule has 0 bridgehead atoms. The number of anilines is 2. The zero-order valence-corrected chi connectivity index (χ0v) is 16.4. The highest BCUT2D eigenvalue weighted by atomic mass is 79.9. The van der Waals surface area contributed by atoms with Crippen molar-refractivity contribution < 1.29 is 9.66 Å². The van der Waals surface area contributed by atoms with Crippen LogP contribution in [0.3, 0.4) is 0 Å². The smallest absolute Gasteiger partial charge is 0.270 e. The van der Waals surface area contributed by atoms with Gasteiger partial charge in [0.05, 0.1) is 14.9 Å². The fourth-order valence-corrected chi connectivity index (χ4v) is 2.92. The maximum atomic E-state index is 11.0. The second kappa shape index (κ2) is 8.28. The van der Waals surface area contributed by atoms with Crippen molar-refractivity contribution >= 4 is 44.0 Å². The Bertz CT molecular complexity index is 980. The number of benzene rings is 2. The van der Waals surface area contributed by atoms with Crippen LogP contribution in [0.2, 0.25) is 0 Å². The summed E-state index contributed by atoms with van der Waals surface area (Å²) in [4.78, 5) is 21.0. The molecule has 0 spiro atoms. The number of halogens is 1. The SMILES string of the molecule is CN(C)CCOc1ccc(Nc2ncnc3ccc([N+](=O)[O-])cc23)cc1Br. The van der Waals surface area contributed by atoms with E-state index in [4.69, 9.17) is 4.74 Å². The minimum Gasteiger partial charge on any atom is -0.491 e. The van der Waals surface area contributed by atoms with Crippen LogP contribution in [0.1, 0.15) is 0 Å². The summed E-state index contributed by atoms with van der Waals surface area (Å²) in [7, 11) is 3.98. The summed E-state index contributed by atoms with van der Waals surface area (Å²) in [5.41, 5.74) is 1.39. The van der Waals surface area contributed by atoms with Crippen molar-refractivity contribution in [3.63, 3.8) is 0 Å². The Kier molecular flexibility index (Phi) is 5.82. The number of hydrogen-bond acceptors (Lipinski definition) is 7. The van der Waals surface area contributed by atoms with E-state index >= 15 is 0 Å². The number of likely N-dealkylation sites (N-methyl/N-ethyl adjacent to an activating group) is 1. The Morgan fingerprint density at radius 2 is 2.04 bits per heavy atom. The van der Waals surface area contributed by atoms with Gasteiger partial charge in [0.25, 0.3) is 5.69 Å². The van der Waals surface area contributed by atoms with E-state index in [0.717, 1.165) is 22.5 Å². The molecule has 0 aliphatic rings. The van der Waals surface area contributed by atoms with Crippen molar-refractivity contribution in [2.45, 2.75) is 0 Å². The number of aromatic nitrogens is 2. The molecular weight excluding hydrogens is 414 g/mol. The maximum Gasteiger partial charge on any atom is 0.270 e. The molecule has 140 valence electrons. The molecule has 0 saturated heterocycles. The predicted octanol–water partition coefficient (Wildman–Crippen LogP) is 3.98. The number of nitrogens with zero attached hydrogens (tertiary/aromatic N) is 4. The molecule has 0 aliphatic carbocycles. The molecule has 0 radical (unpaired) electrons. The van der Waals surface area contributed by atoms with Crippen LogP contribution in [0, 0.1) is 10.1 Å². The molecule has 2 aromatic carbocycles. The van der Waals surface area contributed by atoms with Crippen LogP contribution >= 0.6 is 15.9 Å². The number of nitro groups is 1. The lowest BCUT2D eigenvalue weighted by molar-refractivity contribution is -0.384. The molecule has 3 rings (SSSR count). The highest BCUT2D eigenvalue weighted by Gasteiger charge is 2.11. The van der Waals surface area contributed by atoms with Crippen molar-refractivity contribution in [3.05, 3.63) is 57.3 Å². The Morgan fingerprint density at radius 3 is 2.74 bits per heavy atom. The van der Waals surface area contributed by atoms with Crippen molar-refractivity contribution in [2.75, 3.05) is 32.6 Å². The lowest BCUT2D eigenvalue weighted by Gasteiger charge is -2.13. The predicted molar refractivity (Wildman–Crippen MR) is 108 cm³/mol. The Hall–Kier alpha value is -2.78. The van der Waals surface area contributed by atoms with Crippen LogP contribution in [0.25, 0.3) is 10.9 Å². The molecule has 1 aromatic heterocycles. The van der Waals surface area contributed by atoms with E-state index in [1.54, 1.807) is 6.07 Å². The largest absolute Gasteiger partial charge is 0.491 e. The Labute approximate surface area is 164 Å². The summed E-state index contributed by atoms with van der Waals surface area (Å²) in [6.07, 6.45) is 1.42. The zero-order chi connectivity index (χ0) is 19.4. The second-order valence-electron chi connectivity index (χ2n) is 6.10. The van der Waals surface area contributed by atoms with Gasteiger partial charge in [-0.3, -0.25) is 10.1 Å². The van der Waals surface area contributed by atoms with Crippen LogP contribution in [0.15, 0.2) is 47.2 Å². The molecule has 0 amide bonds. The number of hydrogen-bond donors (Lipinski definition) is 1. The monoisotopic (exact) mass is 431 g/mol. The van der Waals surface area contributed by atoms with E-state index < -0.39 is 4.92 Å². The number of nitrogens with one attached hydrogen (secondary N) is 1. The van der Waals surface area contributed by atoms with E-state index in [2.05, 4.69) is 31.2 Å². The number of nitro benzene ring substituents is 1. The first-order valence-corrected chi connectivity index (χ1v) is 8.96. The third-order valence-corrected chi connectivity index (χ3v) is 4.44. The van der Waals surface area contributed by atoms with Crippen molar-refractivity contribution in [2.24, 2.45) is 0 Å². The summed E-state index contributed by atoms with van der Waals surface area (Å²) in [5, 5.41) is 14.8. The molecule has 9 heteroatoms. The standard InChI is InChI=1S/C18H18BrN5O3/c1-23(2)7-8-27-17-6-3-12(9-15(17)19)22-18-14-10-13(24(25)26)4-5-16(14)20-11-21-18/h3-6,9-11H,7-8H2,1-2H3,(H,20,21,22). The van der Waals surface area contributed by atoms with Gasteiger partial charge in [0.1, 0.15) is 24.5 Å². The third kappa shape index (κ3) is 4.69. The first kappa shape index (κ1) is 19.0. The van der Waals surface area contributed by atoms with E-state index in [-0.39, 0.29) is 5.69 Å². The van der Waals surface area contributed by atoms with Gasteiger partial charge in [-0.2, -0.15) is 0 Å². The summed E-state index contributed by atoms with van der Waals surface area (Å²) in [5.74, 6) is 1.24. The summed E-state index contributed by atoms with van der Waals surface area (Å²) in [6.45, 7) is 1.40. The second-order valence-corrected chi connectivity index (χ2v) is 6.96. The molecule has 1 N–H and O–H groups in total. The number of rotatable bonds is 7. The van der Waals surface area contributed by atoms with Crippen LogP contribution in [-0.2, 0) is 0 Å². The highest BCUT2D eigenvalue weighted by molar-refractivity contribution is 9.10. The van der Waals surface area contributed by atoms with Crippen LogP contribution < -0.4 is 10.1 Å². The van der Waals surface area contributed by atoms with Gasteiger partial charge in [0.2, 0.25) is 0 Å². The van der Waals surface area contributed by atoms with Crippen LogP contribution in [-0.4, -0.2) is 47.0 Å². The lowest BCUT2D eigenvalue weighted by atomic mass is 10.2. The minimum absolute atomic E-state index is 0.00818. The Balaban J connectivity index is 1.83. The highest BCUT2D eigenvalue weighted by Crippen LogP contribution is 2.31. The molecule has 0 unspecified atom stereocenters. The normalized spacial score (nSPS) is 11.0. The van der Waals surface area contributed by atoms with E-state index in [1.165, 1.54) is 18.5 Å². The minimum atomic E-state index is -0.438. The van der Waals surface area contributed by atoms with Crippen molar-refractivity contribution in [1.29, 1.82) is 0 Å². The fourth-order valence-electron chi connectivity index (χ4n) is 2.43. The average molecular weight is 432 g/mol. The van der Waals surface area contributed by atoms with Gasteiger partial charge in [-0.25, -0.2) is 9.97 Å². The number of fused-ring (bicyclic) bond motifs is 1. The molecule has 27 heavy (non-hydrogen) atoms. The summed E-state index contributed by atoms with van der Waals surface area (Å²) >= 11 is 3.51. The molecule has 0 aliphatic heterocycles. The Morgan fingerprint density at radius 1 is 1.22 bits per heavy atom. The van der Waals surface area contributed by atoms with Gasteiger partial charge in [0, 0.05) is 29.8 Å². The molecular formula is C18H18BrN5O3. The molecule has 1 heterocycles. The number of non-ortho nitro benzene ring substituents is 1. The third-order valence-electron chi connectivity index (χ3n) is 3.82. The molecule has 0 atom stereocenters. The van der Waals surface area contributed by atoms with E-state index in [9.17, 15) is 10.1 Å². The summed E-state index contributed by atoms with van der Waals surface area (Å²) < 4.78 is 6.55. The number of ether oxygens (including phenoxy) is 1. The fraction of sp³-hybridized carbons (Fsp3) is 0.222. The van der Waals surface area contributed by atoms with Gasteiger partial charge in [-0.1, -0.05) is 0 Å². The molecule has 0 saturated carbocycles. The van der Waals surface area contributed by atoms with Crippen molar-refractivity contribution in [3.8, 4) is 5.75 Å². The van der Waals surface area contributed by atoms with Gasteiger partial charge >= 0.3 is 0 Å². The van der Waals surface area contributed by atoms with Gasteiger partial charge < -0.3 is 15.0 Å². The molecule has 0 fully saturated rings. The topological polar surface area (TPSA) is 93.4 Å². The van der Waals surface area contributed by atoms with Gasteiger partial charge in [0.15, 0.2) is 0 Å². The first-order chi connectivity index (χ1) is 12.9. The van der Waals surface area contributed by atoms with Crippen LogP contribution in [0.5, 0.6) is 5.75 Å². The van der Waals surface area contributed by atoms with Gasteiger partial charge in [-0.05, 0) is 54.3 Å².